The Hall–Kier alpha value is -2.10. The number of amides is 1. The highest BCUT2D eigenvalue weighted by atomic mass is 32.2. The van der Waals surface area contributed by atoms with E-state index in [1.54, 1.807) is 22.4 Å². The zero-order chi connectivity index (χ0) is 21.4. The highest BCUT2D eigenvalue weighted by Crippen LogP contribution is 2.41. The van der Waals surface area contributed by atoms with E-state index in [2.05, 4.69) is 4.72 Å². The fraction of sp³-hybridized carbons (Fsp3) is 0.476. The van der Waals surface area contributed by atoms with Gasteiger partial charge in [-0.1, -0.05) is 18.2 Å². The molecule has 30 heavy (non-hydrogen) atoms. The number of fused-ring (bicyclic) bond motifs is 1. The molecule has 0 spiro atoms. The average Bonchev–Trinajstić information content (AvgIpc) is 3.33. The van der Waals surface area contributed by atoms with Crippen molar-refractivity contribution in [3.8, 4) is 11.5 Å². The number of sulfonamides is 1. The van der Waals surface area contributed by atoms with Crippen molar-refractivity contribution >= 4 is 27.3 Å². The molecule has 1 saturated heterocycles. The molecule has 0 atom stereocenters. The summed E-state index contributed by atoms with van der Waals surface area (Å²) < 4.78 is 39.6. The molecule has 162 valence electrons. The maximum absolute atomic E-state index is 12.6. The van der Waals surface area contributed by atoms with Gasteiger partial charge >= 0.3 is 0 Å². The summed E-state index contributed by atoms with van der Waals surface area (Å²) in [5, 5.41) is 1.74. The Morgan fingerprint density at radius 2 is 2.03 bits per heavy atom. The van der Waals surface area contributed by atoms with Gasteiger partial charge in [0.05, 0.1) is 0 Å². The molecule has 7 nitrogen and oxygen atoms in total. The second kappa shape index (κ2) is 8.20. The second-order valence-corrected chi connectivity index (χ2v) is 11.2. The number of piperidine rings is 1. The van der Waals surface area contributed by atoms with E-state index in [0.717, 1.165) is 17.7 Å². The number of carbonyl (C=O) groups is 1. The standard InChI is InChI=1S/C21H26N2O5S2/c1-21(2)13-15-5-3-6-17(20(15)28-21)27-14-18(24)23-10-8-16(9-11-23)22-30(25,26)19-7-4-12-29-19/h3-7,12,16,22H,8-11,13-14H2,1-2H3. The zero-order valence-corrected chi connectivity index (χ0v) is 18.7. The van der Waals surface area contributed by atoms with Crippen LogP contribution in [0.1, 0.15) is 32.3 Å². The maximum atomic E-state index is 12.6. The van der Waals surface area contributed by atoms with Gasteiger partial charge in [0.25, 0.3) is 5.91 Å². The minimum Gasteiger partial charge on any atom is -0.483 e. The highest BCUT2D eigenvalue weighted by molar-refractivity contribution is 7.91. The lowest BCUT2D eigenvalue weighted by atomic mass is 10.0. The van der Waals surface area contributed by atoms with E-state index in [1.807, 2.05) is 32.0 Å². The van der Waals surface area contributed by atoms with Crippen LogP contribution in [-0.2, 0) is 21.2 Å². The smallest absolute Gasteiger partial charge is 0.260 e. The number of hydrogen-bond donors (Lipinski definition) is 1. The van der Waals surface area contributed by atoms with Gasteiger partial charge in [-0.15, -0.1) is 11.3 Å². The van der Waals surface area contributed by atoms with Gasteiger partial charge in [0.1, 0.15) is 9.81 Å². The average molecular weight is 451 g/mol. The van der Waals surface area contributed by atoms with Crippen LogP contribution in [0, 0.1) is 0 Å². The molecular formula is C21H26N2O5S2. The molecule has 2 aromatic rings. The second-order valence-electron chi connectivity index (χ2n) is 8.28. The summed E-state index contributed by atoms with van der Waals surface area (Å²) in [6.45, 7) is 4.98. The lowest BCUT2D eigenvalue weighted by Gasteiger charge is -2.32. The quantitative estimate of drug-likeness (QED) is 0.732. The van der Waals surface area contributed by atoms with Gasteiger partial charge in [0, 0.05) is 31.1 Å². The molecule has 1 fully saturated rings. The van der Waals surface area contributed by atoms with Crippen LogP contribution in [0.15, 0.2) is 39.9 Å². The molecule has 0 aliphatic carbocycles. The summed E-state index contributed by atoms with van der Waals surface area (Å²) in [6.07, 6.45) is 1.96. The summed E-state index contributed by atoms with van der Waals surface area (Å²) >= 11 is 1.19. The third-order valence-corrected chi connectivity index (χ3v) is 8.25. The number of nitrogens with one attached hydrogen (secondary N) is 1. The molecule has 1 aromatic heterocycles. The molecule has 9 heteroatoms. The third-order valence-electron chi connectivity index (χ3n) is 5.34. The van der Waals surface area contributed by atoms with Crippen molar-refractivity contribution in [1.29, 1.82) is 0 Å². The van der Waals surface area contributed by atoms with Gasteiger partial charge in [0.15, 0.2) is 18.1 Å². The number of para-hydroxylation sites is 1. The third kappa shape index (κ3) is 4.63. The zero-order valence-electron chi connectivity index (χ0n) is 17.1. The number of thiophene rings is 1. The summed E-state index contributed by atoms with van der Waals surface area (Å²) in [4.78, 5) is 14.3. The van der Waals surface area contributed by atoms with Crippen LogP contribution < -0.4 is 14.2 Å². The molecular weight excluding hydrogens is 424 g/mol. The molecule has 1 aromatic carbocycles. The predicted molar refractivity (Wildman–Crippen MR) is 115 cm³/mol. The van der Waals surface area contributed by atoms with E-state index < -0.39 is 10.0 Å². The molecule has 4 rings (SSSR count). The van der Waals surface area contributed by atoms with Crippen molar-refractivity contribution in [1.82, 2.24) is 9.62 Å². The van der Waals surface area contributed by atoms with Crippen molar-refractivity contribution in [2.24, 2.45) is 0 Å². The van der Waals surface area contributed by atoms with Crippen molar-refractivity contribution < 1.29 is 22.7 Å². The molecule has 2 aliphatic rings. The van der Waals surface area contributed by atoms with Crippen LogP contribution in [-0.4, -0.2) is 50.6 Å². The molecule has 0 bridgehead atoms. The van der Waals surface area contributed by atoms with Crippen LogP contribution in [0.25, 0.3) is 0 Å². The molecule has 1 amide bonds. The first-order valence-electron chi connectivity index (χ1n) is 10.0. The van der Waals surface area contributed by atoms with E-state index in [9.17, 15) is 13.2 Å². The van der Waals surface area contributed by atoms with Crippen molar-refractivity contribution in [2.75, 3.05) is 19.7 Å². The lowest BCUT2D eigenvalue weighted by Crippen LogP contribution is -2.47. The van der Waals surface area contributed by atoms with Crippen molar-refractivity contribution in [3.63, 3.8) is 0 Å². The summed E-state index contributed by atoms with van der Waals surface area (Å²) in [6, 6.07) is 8.88. The van der Waals surface area contributed by atoms with Crippen molar-refractivity contribution in [3.05, 3.63) is 41.3 Å². The van der Waals surface area contributed by atoms with Gasteiger partial charge in [-0.25, -0.2) is 13.1 Å². The number of rotatable bonds is 6. The van der Waals surface area contributed by atoms with Crippen LogP contribution in [0.4, 0.5) is 0 Å². The number of likely N-dealkylation sites (tertiary alicyclic amines) is 1. The van der Waals surface area contributed by atoms with Gasteiger partial charge in [0.2, 0.25) is 10.0 Å². The molecule has 0 radical (unpaired) electrons. The van der Waals surface area contributed by atoms with Gasteiger partial charge in [-0.05, 0) is 44.2 Å². The predicted octanol–water partition coefficient (Wildman–Crippen LogP) is 2.81. The van der Waals surface area contributed by atoms with E-state index in [-0.39, 0.29) is 24.2 Å². The van der Waals surface area contributed by atoms with E-state index in [4.69, 9.17) is 9.47 Å². The van der Waals surface area contributed by atoms with Crippen LogP contribution >= 0.6 is 11.3 Å². The first-order chi connectivity index (χ1) is 14.2. The molecule has 0 unspecified atom stereocenters. The number of benzene rings is 1. The number of hydrogen-bond acceptors (Lipinski definition) is 6. The Morgan fingerprint density at radius 3 is 2.73 bits per heavy atom. The Bertz CT molecular complexity index is 1010. The first kappa shape index (κ1) is 21.1. The Kier molecular flexibility index (Phi) is 5.78. The summed E-state index contributed by atoms with van der Waals surface area (Å²) in [5.41, 5.74) is 0.813. The number of nitrogens with zero attached hydrogens (tertiary/aromatic N) is 1. The first-order valence-corrected chi connectivity index (χ1v) is 12.4. The molecule has 0 saturated carbocycles. The van der Waals surface area contributed by atoms with Crippen LogP contribution in [0.5, 0.6) is 11.5 Å². The Labute approximate surface area is 181 Å². The van der Waals surface area contributed by atoms with E-state index in [0.29, 0.717) is 35.9 Å². The fourth-order valence-corrected chi connectivity index (χ4v) is 6.19. The van der Waals surface area contributed by atoms with Crippen LogP contribution in [0.3, 0.4) is 0 Å². The minimum absolute atomic E-state index is 0.0637. The topological polar surface area (TPSA) is 84.9 Å². The molecule has 2 aliphatic heterocycles. The van der Waals surface area contributed by atoms with Crippen molar-refractivity contribution in [2.45, 2.75) is 49.0 Å². The van der Waals surface area contributed by atoms with Gasteiger partial charge < -0.3 is 14.4 Å². The normalized spacial score (nSPS) is 18.7. The molecule has 1 N–H and O–H groups in total. The minimum atomic E-state index is -3.49. The Morgan fingerprint density at radius 1 is 1.27 bits per heavy atom. The molecule has 3 heterocycles. The lowest BCUT2D eigenvalue weighted by molar-refractivity contribution is -0.134. The highest BCUT2D eigenvalue weighted by Gasteiger charge is 2.33. The SMILES string of the molecule is CC1(C)Cc2cccc(OCC(=O)N3CCC(NS(=O)(=O)c4cccs4)CC3)c2O1. The fourth-order valence-electron chi connectivity index (χ4n) is 3.87. The van der Waals surface area contributed by atoms with Crippen LogP contribution in [0.2, 0.25) is 0 Å². The monoisotopic (exact) mass is 450 g/mol. The van der Waals surface area contributed by atoms with Gasteiger partial charge in [-0.2, -0.15) is 0 Å². The maximum Gasteiger partial charge on any atom is 0.260 e. The van der Waals surface area contributed by atoms with Gasteiger partial charge in [-0.3, -0.25) is 4.79 Å². The largest absolute Gasteiger partial charge is 0.483 e. The van der Waals surface area contributed by atoms with E-state index in [1.165, 1.54) is 11.3 Å². The number of carbonyl (C=O) groups excluding carboxylic acids is 1. The summed E-state index contributed by atoms with van der Waals surface area (Å²) in [7, 11) is -3.49. The number of ether oxygens (including phenoxy) is 2. The van der Waals surface area contributed by atoms with E-state index >= 15 is 0 Å². The summed E-state index contributed by atoms with van der Waals surface area (Å²) in [5.74, 6) is 1.20. The Balaban J connectivity index is 1.28.